The maximum Gasteiger partial charge on any atom is 0.227 e. The minimum Gasteiger partial charge on any atom is -0.343 e. The van der Waals surface area contributed by atoms with E-state index in [1.807, 2.05) is 18.7 Å². The zero-order valence-electron chi connectivity index (χ0n) is 12.6. The van der Waals surface area contributed by atoms with Crippen molar-refractivity contribution in [1.82, 2.24) is 4.90 Å². The number of hydrogen-bond donors (Lipinski definition) is 1. The van der Waals surface area contributed by atoms with Crippen LogP contribution in [-0.2, 0) is 11.2 Å². The van der Waals surface area contributed by atoms with Gasteiger partial charge in [0, 0.05) is 19.6 Å². The molecule has 0 aliphatic carbocycles. The number of hydrogen-bond acceptors (Lipinski definition) is 2. The summed E-state index contributed by atoms with van der Waals surface area (Å²) in [6.07, 6.45) is 0.735. The van der Waals surface area contributed by atoms with Crippen molar-refractivity contribution in [2.24, 2.45) is 11.7 Å². The third-order valence-corrected chi connectivity index (χ3v) is 3.68. The first-order valence-electron chi connectivity index (χ1n) is 7.08. The zero-order chi connectivity index (χ0) is 14.4. The molecule has 1 aromatic rings. The lowest BCUT2D eigenvalue weighted by Gasteiger charge is -2.25. The first-order chi connectivity index (χ1) is 9.03. The quantitative estimate of drug-likeness (QED) is 0.855. The lowest BCUT2D eigenvalue weighted by molar-refractivity contribution is -0.134. The van der Waals surface area contributed by atoms with Crippen LogP contribution in [0.3, 0.4) is 0 Å². The Kier molecular flexibility index (Phi) is 6.03. The second-order valence-electron chi connectivity index (χ2n) is 5.08. The summed E-state index contributed by atoms with van der Waals surface area (Å²) in [7, 11) is 0. The van der Waals surface area contributed by atoms with Gasteiger partial charge in [-0.05, 0) is 45.2 Å². The molecule has 0 aliphatic heterocycles. The molecule has 1 aromatic carbocycles. The molecular formula is C16H26N2O. The number of aryl methyl sites for hydroxylation is 2. The van der Waals surface area contributed by atoms with Crippen LogP contribution in [0.2, 0.25) is 0 Å². The van der Waals surface area contributed by atoms with Gasteiger partial charge in [0.2, 0.25) is 5.91 Å². The van der Waals surface area contributed by atoms with Gasteiger partial charge < -0.3 is 10.6 Å². The zero-order valence-corrected chi connectivity index (χ0v) is 12.6. The number of amides is 1. The average molecular weight is 262 g/mol. The fraction of sp³-hybridized carbons (Fsp3) is 0.562. The molecule has 0 aliphatic rings. The smallest absolute Gasteiger partial charge is 0.227 e. The first kappa shape index (κ1) is 15.7. The van der Waals surface area contributed by atoms with E-state index in [4.69, 9.17) is 5.73 Å². The largest absolute Gasteiger partial charge is 0.343 e. The number of benzene rings is 1. The molecule has 0 aromatic heterocycles. The minimum absolute atomic E-state index is 0.111. The van der Waals surface area contributed by atoms with Gasteiger partial charge in [-0.25, -0.2) is 0 Å². The lowest BCUT2D eigenvalue weighted by Crippen LogP contribution is -2.40. The maximum absolute atomic E-state index is 12.4. The van der Waals surface area contributed by atoms with Gasteiger partial charge >= 0.3 is 0 Å². The predicted molar refractivity (Wildman–Crippen MR) is 80.1 cm³/mol. The molecule has 0 radical (unpaired) electrons. The molecule has 0 saturated heterocycles. The summed E-state index contributed by atoms with van der Waals surface area (Å²) in [6, 6.07) is 6.37. The van der Waals surface area contributed by atoms with Crippen LogP contribution in [0.25, 0.3) is 0 Å². The fourth-order valence-electron chi connectivity index (χ4n) is 2.35. The van der Waals surface area contributed by atoms with E-state index in [-0.39, 0.29) is 11.8 Å². The Morgan fingerprint density at radius 3 is 2.42 bits per heavy atom. The van der Waals surface area contributed by atoms with E-state index in [2.05, 4.69) is 32.0 Å². The van der Waals surface area contributed by atoms with E-state index in [9.17, 15) is 4.79 Å². The van der Waals surface area contributed by atoms with E-state index in [1.165, 1.54) is 16.7 Å². The standard InChI is InChI=1S/C16H26N2O/c1-5-18(6-2)16(19)15(11-17)10-14-9-12(3)7-8-13(14)4/h7-9,15H,5-6,10-11,17H2,1-4H3. The molecule has 1 rings (SSSR count). The van der Waals surface area contributed by atoms with Crippen molar-refractivity contribution in [1.29, 1.82) is 0 Å². The van der Waals surface area contributed by atoms with Gasteiger partial charge in [0.05, 0.1) is 5.92 Å². The van der Waals surface area contributed by atoms with Gasteiger partial charge in [-0.1, -0.05) is 23.8 Å². The Bertz CT molecular complexity index is 425. The summed E-state index contributed by atoms with van der Waals surface area (Å²) in [5.41, 5.74) is 9.50. The van der Waals surface area contributed by atoms with Gasteiger partial charge in [-0.2, -0.15) is 0 Å². The van der Waals surface area contributed by atoms with Gasteiger partial charge in [-0.15, -0.1) is 0 Å². The normalized spacial score (nSPS) is 12.3. The van der Waals surface area contributed by atoms with Crippen LogP contribution in [0.5, 0.6) is 0 Å². The molecule has 0 fully saturated rings. The first-order valence-corrected chi connectivity index (χ1v) is 7.08. The van der Waals surface area contributed by atoms with Gasteiger partial charge in [-0.3, -0.25) is 4.79 Å². The molecule has 0 saturated carbocycles. The molecular weight excluding hydrogens is 236 g/mol. The molecule has 0 bridgehead atoms. The second kappa shape index (κ2) is 7.29. The van der Waals surface area contributed by atoms with Crippen LogP contribution in [0, 0.1) is 19.8 Å². The van der Waals surface area contributed by atoms with E-state index in [0.29, 0.717) is 6.54 Å². The highest BCUT2D eigenvalue weighted by atomic mass is 16.2. The summed E-state index contributed by atoms with van der Waals surface area (Å²) >= 11 is 0. The van der Waals surface area contributed by atoms with Crippen molar-refractivity contribution < 1.29 is 4.79 Å². The molecule has 0 spiro atoms. The van der Waals surface area contributed by atoms with Crippen LogP contribution >= 0.6 is 0 Å². The lowest BCUT2D eigenvalue weighted by atomic mass is 9.93. The van der Waals surface area contributed by atoms with Crippen LogP contribution in [0.4, 0.5) is 0 Å². The fourth-order valence-corrected chi connectivity index (χ4v) is 2.35. The van der Waals surface area contributed by atoms with Crippen molar-refractivity contribution in [2.45, 2.75) is 34.1 Å². The highest BCUT2D eigenvalue weighted by molar-refractivity contribution is 5.79. The molecule has 2 N–H and O–H groups in total. The Balaban J connectivity index is 2.87. The number of rotatable bonds is 6. The highest BCUT2D eigenvalue weighted by Crippen LogP contribution is 2.16. The third kappa shape index (κ3) is 4.06. The summed E-state index contributed by atoms with van der Waals surface area (Å²) in [5.74, 6) is 0.0637. The summed E-state index contributed by atoms with van der Waals surface area (Å²) < 4.78 is 0. The molecule has 3 nitrogen and oxygen atoms in total. The van der Waals surface area contributed by atoms with Crippen LogP contribution in [0.15, 0.2) is 18.2 Å². The van der Waals surface area contributed by atoms with E-state index in [1.54, 1.807) is 0 Å². The van der Waals surface area contributed by atoms with Gasteiger partial charge in [0.25, 0.3) is 0 Å². The number of carbonyl (C=O) groups excluding carboxylic acids is 1. The summed E-state index contributed by atoms with van der Waals surface area (Å²) in [4.78, 5) is 14.2. The highest BCUT2D eigenvalue weighted by Gasteiger charge is 2.22. The third-order valence-electron chi connectivity index (χ3n) is 3.68. The topological polar surface area (TPSA) is 46.3 Å². The summed E-state index contributed by atoms with van der Waals surface area (Å²) in [6.45, 7) is 10.1. The molecule has 19 heavy (non-hydrogen) atoms. The maximum atomic E-state index is 12.4. The molecule has 1 atom stereocenters. The van der Waals surface area contributed by atoms with Crippen LogP contribution < -0.4 is 5.73 Å². The van der Waals surface area contributed by atoms with E-state index in [0.717, 1.165) is 19.5 Å². The molecule has 3 heteroatoms. The van der Waals surface area contributed by atoms with E-state index < -0.39 is 0 Å². The van der Waals surface area contributed by atoms with Crippen LogP contribution in [0.1, 0.15) is 30.5 Å². The van der Waals surface area contributed by atoms with Gasteiger partial charge in [0.1, 0.15) is 0 Å². The molecule has 1 amide bonds. The van der Waals surface area contributed by atoms with Crippen molar-refractivity contribution in [3.63, 3.8) is 0 Å². The number of nitrogens with zero attached hydrogens (tertiary/aromatic N) is 1. The molecule has 1 unspecified atom stereocenters. The van der Waals surface area contributed by atoms with Crippen LogP contribution in [-0.4, -0.2) is 30.4 Å². The average Bonchev–Trinajstić information content (AvgIpc) is 2.41. The Morgan fingerprint density at radius 1 is 1.26 bits per heavy atom. The Labute approximate surface area is 116 Å². The minimum atomic E-state index is -0.111. The van der Waals surface area contributed by atoms with E-state index >= 15 is 0 Å². The molecule has 0 heterocycles. The predicted octanol–water partition coefficient (Wildman–Crippen LogP) is 2.29. The molecule has 106 valence electrons. The summed E-state index contributed by atoms with van der Waals surface area (Å²) in [5, 5.41) is 0. The Morgan fingerprint density at radius 2 is 1.89 bits per heavy atom. The monoisotopic (exact) mass is 262 g/mol. The second-order valence-corrected chi connectivity index (χ2v) is 5.08. The SMILES string of the molecule is CCN(CC)C(=O)C(CN)Cc1cc(C)ccc1C. The van der Waals surface area contributed by atoms with Crippen molar-refractivity contribution >= 4 is 5.91 Å². The Hall–Kier alpha value is -1.35. The van der Waals surface area contributed by atoms with Crippen molar-refractivity contribution in [3.8, 4) is 0 Å². The van der Waals surface area contributed by atoms with Crippen molar-refractivity contribution in [2.75, 3.05) is 19.6 Å². The van der Waals surface area contributed by atoms with Crippen molar-refractivity contribution in [3.05, 3.63) is 34.9 Å². The number of nitrogens with two attached hydrogens (primary N) is 1. The van der Waals surface area contributed by atoms with Gasteiger partial charge in [0.15, 0.2) is 0 Å². The number of carbonyl (C=O) groups is 1.